The van der Waals surface area contributed by atoms with E-state index in [0.29, 0.717) is 38.8 Å². The fourth-order valence-electron chi connectivity index (χ4n) is 6.68. The van der Waals surface area contributed by atoms with Gasteiger partial charge in [0.15, 0.2) is 0 Å². The number of aliphatic hydroxyl groups is 2. The molecule has 8 N–H and O–H groups in total. The van der Waals surface area contributed by atoms with Crippen LogP contribution in [0.4, 0.5) is 9.59 Å². The molecule has 2 amide bonds. The molecule has 2 aromatic carbocycles. The minimum atomic E-state index is -0.961. The number of amides is 2. The van der Waals surface area contributed by atoms with Crippen molar-refractivity contribution in [1.29, 1.82) is 0 Å². The van der Waals surface area contributed by atoms with Crippen molar-refractivity contribution in [1.82, 2.24) is 9.80 Å². The Morgan fingerprint density at radius 2 is 0.967 bits per heavy atom. The highest BCUT2D eigenvalue weighted by Crippen LogP contribution is 2.40. The Morgan fingerprint density at radius 1 is 0.667 bits per heavy atom. The predicted molar refractivity (Wildman–Crippen MR) is 234 cm³/mol. The first kappa shape index (κ1) is 53.3. The molecule has 2 aromatic rings. The molecule has 0 saturated carbocycles. The van der Waals surface area contributed by atoms with Crippen LogP contribution in [0.5, 0.6) is 0 Å². The average molecular weight is 841 g/mol. The molecule has 336 valence electrons. The zero-order valence-corrected chi connectivity index (χ0v) is 37.0. The molecular formula is C46H72N4O10. The lowest BCUT2D eigenvalue weighted by Crippen LogP contribution is -2.53. The van der Waals surface area contributed by atoms with Crippen LogP contribution in [-0.4, -0.2) is 105 Å². The Hall–Kier alpha value is -4.76. The number of rotatable bonds is 10. The maximum Gasteiger partial charge on any atom is 0.410 e. The van der Waals surface area contributed by atoms with Gasteiger partial charge in [0.2, 0.25) is 0 Å². The van der Waals surface area contributed by atoms with E-state index in [-0.39, 0.29) is 50.2 Å². The fourth-order valence-corrected chi connectivity index (χ4v) is 6.68. The van der Waals surface area contributed by atoms with Gasteiger partial charge in [-0.1, -0.05) is 86.7 Å². The van der Waals surface area contributed by atoms with Gasteiger partial charge in [-0.3, -0.25) is 9.59 Å². The van der Waals surface area contributed by atoms with Crippen LogP contribution in [0.15, 0.2) is 86.0 Å². The van der Waals surface area contributed by atoms with Crippen LogP contribution < -0.4 is 11.5 Å². The molecule has 0 spiro atoms. The normalized spacial score (nSPS) is 20.9. The minimum Gasteiger partial charge on any atom is -0.481 e. The molecule has 0 bridgehead atoms. The first-order valence-corrected chi connectivity index (χ1v) is 20.4. The number of carbonyl (C=O) groups excluding carboxylic acids is 2. The second kappa shape index (κ2) is 24.5. The van der Waals surface area contributed by atoms with Crippen molar-refractivity contribution in [2.24, 2.45) is 34.1 Å². The minimum absolute atomic E-state index is 0.00398. The SMILES string of the molecule is C=CC(C)C1(C(=O)O)CCCN(C(=O)OC(C)(C)C)C1.C=CC(C)C1(C(=O)O)CCCN(C(=O)OC(C)(C)C)C1.N[C@H](CO)c1ccccc1.N[C@H](CO)c1ccccc1. The van der Waals surface area contributed by atoms with Crippen LogP contribution >= 0.6 is 0 Å². The number of hydrogen-bond acceptors (Lipinski definition) is 10. The Bertz CT molecular complexity index is 1520. The van der Waals surface area contributed by atoms with E-state index in [1.54, 1.807) is 53.7 Å². The summed E-state index contributed by atoms with van der Waals surface area (Å²) in [6, 6.07) is 18.6. The average Bonchev–Trinajstić information content (AvgIpc) is 3.22. The van der Waals surface area contributed by atoms with Crippen molar-refractivity contribution >= 4 is 24.1 Å². The number of aliphatic hydroxyl groups excluding tert-OH is 2. The Balaban J connectivity index is 0.000000420. The predicted octanol–water partition coefficient (Wildman–Crippen LogP) is 7.18. The summed E-state index contributed by atoms with van der Waals surface area (Å²) >= 11 is 0. The van der Waals surface area contributed by atoms with Crippen LogP contribution in [0, 0.1) is 22.7 Å². The lowest BCUT2D eigenvalue weighted by Gasteiger charge is -2.42. The summed E-state index contributed by atoms with van der Waals surface area (Å²) in [5.41, 5.74) is 9.96. The zero-order valence-electron chi connectivity index (χ0n) is 37.0. The standard InChI is InChI=1S/2C15H25NO4.2C8H11NO/c2*1-6-11(2)15(12(17)18)8-7-9-16(10-15)13(19)20-14(3,4)5;2*9-8(6-10)7-4-2-1-3-5-7/h2*6,11H,1,7-10H2,2-5H3,(H,17,18);2*1-5,8,10H,6,9H2/t;;2*8-/m..11/s1. The van der Waals surface area contributed by atoms with Gasteiger partial charge in [-0.15, -0.1) is 13.2 Å². The third-order valence-corrected chi connectivity index (χ3v) is 10.5. The summed E-state index contributed by atoms with van der Waals surface area (Å²) in [7, 11) is 0. The number of nitrogens with zero attached hydrogens (tertiary/aromatic N) is 2. The van der Waals surface area contributed by atoms with Crippen LogP contribution in [0.25, 0.3) is 0 Å². The summed E-state index contributed by atoms with van der Waals surface area (Å²) in [6.45, 7) is 23.3. The summed E-state index contributed by atoms with van der Waals surface area (Å²) in [5, 5.41) is 36.5. The highest BCUT2D eigenvalue weighted by atomic mass is 16.6. The molecule has 2 aliphatic rings. The van der Waals surface area contributed by atoms with Crippen LogP contribution in [0.3, 0.4) is 0 Å². The van der Waals surface area contributed by atoms with Gasteiger partial charge >= 0.3 is 24.1 Å². The van der Waals surface area contributed by atoms with Gasteiger partial charge in [0.05, 0.1) is 36.1 Å². The summed E-state index contributed by atoms with van der Waals surface area (Å²) in [6.07, 6.45) is 4.81. The number of allylic oxidation sites excluding steroid dienone is 2. The van der Waals surface area contributed by atoms with Gasteiger partial charge in [-0.05, 0) is 90.2 Å². The lowest BCUT2D eigenvalue weighted by molar-refractivity contribution is -0.156. The van der Waals surface area contributed by atoms with E-state index < -0.39 is 46.2 Å². The van der Waals surface area contributed by atoms with Crippen molar-refractivity contribution in [3.8, 4) is 0 Å². The summed E-state index contributed by atoms with van der Waals surface area (Å²) < 4.78 is 10.7. The maximum absolute atomic E-state index is 12.1. The molecule has 2 aliphatic heterocycles. The van der Waals surface area contributed by atoms with Crippen LogP contribution in [0.2, 0.25) is 0 Å². The van der Waals surface area contributed by atoms with Crippen LogP contribution in [0.1, 0.15) is 104 Å². The second-order valence-electron chi connectivity index (χ2n) is 17.4. The molecule has 0 aromatic heterocycles. The summed E-state index contributed by atoms with van der Waals surface area (Å²) in [4.78, 5) is 50.7. The number of carbonyl (C=O) groups is 4. The Labute approximate surface area is 357 Å². The molecular weight excluding hydrogens is 769 g/mol. The monoisotopic (exact) mass is 841 g/mol. The number of nitrogens with two attached hydrogens (primary N) is 2. The number of ether oxygens (including phenoxy) is 2. The quantitative estimate of drug-likeness (QED) is 0.131. The number of aliphatic carboxylic acids is 2. The van der Waals surface area contributed by atoms with Gasteiger partial charge in [0.25, 0.3) is 0 Å². The van der Waals surface area contributed by atoms with Gasteiger partial charge in [-0.25, -0.2) is 9.59 Å². The first-order valence-electron chi connectivity index (χ1n) is 20.4. The van der Waals surface area contributed by atoms with Crippen molar-refractivity contribution in [2.75, 3.05) is 39.4 Å². The number of carboxylic acid groups (broad SMARTS) is 2. The molecule has 2 saturated heterocycles. The smallest absolute Gasteiger partial charge is 0.410 e. The number of carboxylic acids is 2. The molecule has 60 heavy (non-hydrogen) atoms. The molecule has 0 aliphatic carbocycles. The van der Waals surface area contributed by atoms with E-state index in [0.717, 1.165) is 11.1 Å². The highest BCUT2D eigenvalue weighted by Gasteiger charge is 2.48. The topological polar surface area (TPSA) is 226 Å². The molecule has 14 heteroatoms. The molecule has 14 nitrogen and oxygen atoms in total. The van der Waals surface area contributed by atoms with E-state index in [2.05, 4.69) is 13.2 Å². The van der Waals surface area contributed by atoms with Gasteiger partial charge in [-0.2, -0.15) is 0 Å². The van der Waals surface area contributed by atoms with E-state index in [4.69, 9.17) is 31.2 Å². The zero-order chi connectivity index (χ0) is 45.9. The van der Waals surface area contributed by atoms with Gasteiger partial charge < -0.3 is 51.2 Å². The molecule has 4 unspecified atom stereocenters. The van der Waals surface area contributed by atoms with Gasteiger partial charge in [0.1, 0.15) is 11.2 Å². The molecule has 0 radical (unpaired) electrons. The third kappa shape index (κ3) is 16.7. The first-order chi connectivity index (χ1) is 27.9. The molecule has 2 heterocycles. The lowest BCUT2D eigenvalue weighted by atomic mass is 9.70. The van der Waals surface area contributed by atoms with Crippen molar-refractivity contribution < 1.29 is 49.1 Å². The largest absolute Gasteiger partial charge is 0.481 e. The third-order valence-electron chi connectivity index (χ3n) is 10.5. The van der Waals surface area contributed by atoms with E-state index in [1.165, 1.54) is 9.80 Å². The summed E-state index contributed by atoms with van der Waals surface area (Å²) in [5.74, 6) is -2.16. The second-order valence-corrected chi connectivity index (χ2v) is 17.4. The number of hydrogen-bond donors (Lipinski definition) is 6. The van der Waals surface area contributed by atoms with E-state index >= 15 is 0 Å². The number of piperidine rings is 2. The van der Waals surface area contributed by atoms with Gasteiger partial charge in [0, 0.05) is 26.2 Å². The molecule has 6 atom stereocenters. The van der Waals surface area contributed by atoms with Crippen molar-refractivity contribution in [3.05, 3.63) is 97.1 Å². The van der Waals surface area contributed by atoms with Crippen molar-refractivity contribution in [3.63, 3.8) is 0 Å². The van der Waals surface area contributed by atoms with E-state index in [9.17, 15) is 29.4 Å². The number of benzene rings is 2. The number of likely N-dealkylation sites (tertiary alicyclic amines) is 2. The fraction of sp³-hybridized carbons (Fsp3) is 0.565. The maximum atomic E-state index is 12.1. The Kier molecular flexibility index (Phi) is 21.7. The molecule has 4 rings (SSSR count). The van der Waals surface area contributed by atoms with Crippen LogP contribution in [-0.2, 0) is 19.1 Å². The molecule has 2 fully saturated rings. The van der Waals surface area contributed by atoms with E-state index in [1.807, 2.05) is 74.5 Å². The highest BCUT2D eigenvalue weighted by molar-refractivity contribution is 5.78. The Morgan fingerprint density at radius 3 is 1.20 bits per heavy atom. The van der Waals surface area contributed by atoms with Crippen molar-refractivity contribution in [2.45, 2.75) is 104 Å².